The number of anilines is 1. The molecule has 1 aromatic rings. The molecule has 20 heavy (non-hydrogen) atoms. The molecule has 1 N–H and O–H groups in total. The van der Waals surface area contributed by atoms with Gasteiger partial charge >= 0.3 is 0 Å². The Hall–Kier alpha value is -0.120. The van der Waals surface area contributed by atoms with Gasteiger partial charge in [0.2, 0.25) is 10.0 Å². The summed E-state index contributed by atoms with van der Waals surface area (Å²) < 4.78 is 25.7. The molecule has 112 valence electrons. The molecule has 0 aliphatic carbocycles. The quantitative estimate of drug-likeness (QED) is 0.590. The number of piperidine rings is 1. The summed E-state index contributed by atoms with van der Waals surface area (Å²) in [5, 5.41) is 3.71. The lowest BCUT2D eigenvalue weighted by molar-refractivity contribution is 0.276. The largest absolute Gasteiger partial charge is 0.370 e. The Kier molecular flexibility index (Phi) is 5.49. The molecule has 5 nitrogen and oxygen atoms in total. The molecule has 1 atom stereocenters. The molecule has 1 aliphatic heterocycles. The molecule has 0 aromatic carbocycles. The maximum Gasteiger partial charge on any atom is 0.211 e. The van der Waals surface area contributed by atoms with E-state index < -0.39 is 10.0 Å². The topological polar surface area (TPSA) is 62.3 Å². The van der Waals surface area contributed by atoms with Crippen LogP contribution in [-0.4, -0.2) is 43.6 Å². The number of hydrogen-bond acceptors (Lipinski definition) is 4. The van der Waals surface area contributed by atoms with Gasteiger partial charge in [-0.1, -0.05) is 11.6 Å². The third-order valence-corrected chi connectivity index (χ3v) is 5.37. The number of halogens is 2. The van der Waals surface area contributed by atoms with Crippen molar-refractivity contribution in [3.63, 3.8) is 0 Å². The Balaban J connectivity index is 1.93. The van der Waals surface area contributed by atoms with Gasteiger partial charge in [-0.2, -0.15) is 0 Å². The van der Waals surface area contributed by atoms with Crippen molar-refractivity contribution in [2.45, 2.75) is 12.8 Å². The van der Waals surface area contributed by atoms with E-state index in [0.717, 1.165) is 22.2 Å². The van der Waals surface area contributed by atoms with Gasteiger partial charge in [-0.25, -0.2) is 17.7 Å². The monoisotopic (exact) mass is 429 g/mol. The van der Waals surface area contributed by atoms with Crippen molar-refractivity contribution >= 4 is 50.0 Å². The van der Waals surface area contributed by atoms with Gasteiger partial charge in [-0.3, -0.25) is 0 Å². The van der Waals surface area contributed by atoms with Crippen LogP contribution >= 0.6 is 34.2 Å². The number of aromatic nitrogens is 1. The van der Waals surface area contributed by atoms with Gasteiger partial charge in [0.15, 0.2) is 0 Å². The summed E-state index contributed by atoms with van der Waals surface area (Å²) in [6.07, 6.45) is 3.19. The fourth-order valence-corrected chi connectivity index (χ4v) is 4.22. The van der Waals surface area contributed by atoms with E-state index in [2.05, 4.69) is 32.9 Å². The third kappa shape index (κ3) is 4.71. The second-order valence-corrected chi connectivity index (χ2v) is 8.62. The van der Waals surface area contributed by atoms with Crippen molar-refractivity contribution in [1.29, 1.82) is 0 Å². The highest BCUT2D eigenvalue weighted by molar-refractivity contribution is 14.1. The SMILES string of the molecule is CS(=O)(=O)N1CCCC(CNc2cc(I)cc(Cl)n2)C1. The number of nitrogens with zero attached hydrogens (tertiary/aromatic N) is 2. The number of hydrogen-bond donors (Lipinski definition) is 1. The summed E-state index contributed by atoms with van der Waals surface area (Å²) in [5.74, 6) is 1.04. The van der Waals surface area contributed by atoms with Crippen molar-refractivity contribution in [3.8, 4) is 0 Å². The van der Waals surface area contributed by atoms with Crippen molar-refractivity contribution in [2.24, 2.45) is 5.92 Å². The molecule has 1 fully saturated rings. The first-order valence-corrected chi connectivity index (χ1v) is 9.67. The Morgan fingerprint density at radius 3 is 2.95 bits per heavy atom. The van der Waals surface area contributed by atoms with Crippen LogP contribution in [-0.2, 0) is 10.0 Å². The average Bonchev–Trinajstić information content (AvgIpc) is 2.35. The second kappa shape index (κ2) is 6.76. The van der Waals surface area contributed by atoms with Gasteiger partial charge in [0.05, 0.1) is 6.26 Å². The number of rotatable bonds is 4. The number of sulfonamides is 1. The van der Waals surface area contributed by atoms with Crippen LogP contribution in [0.1, 0.15) is 12.8 Å². The molecule has 0 amide bonds. The Bertz CT molecular complexity index is 562. The van der Waals surface area contributed by atoms with E-state index in [0.29, 0.717) is 30.7 Å². The molecule has 0 spiro atoms. The van der Waals surface area contributed by atoms with Crippen LogP contribution in [0.3, 0.4) is 0 Å². The molecule has 2 heterocycles. The predicted octanol–water partition coefficient (Wildman–Crippen LogP) is 2.42. The maximum atomic E-state index is 11.6. The highest BCUT2D eigenvalue weighted by Gasteiger charge is 2.25. The van der Waals surface area contributed by atoms with E-state index in [-0.39, 0.29) is 0 Å². The molecule has 2 rings (SSSR count). The van der Waals surface area contributed by atoms with E-state index in [4.69, 9.17) is 11.6 Å². The Morgan fingerprint density at radius 1 is 1.55 bits per heavy atom. The van der Waals surface area contributed by atoms with E-state index in [9.17, 15) is 8.42 Å². The molecule has 0 saturated carbocycles. The average molecular weight is 430 g/mol. The zero-order valence-corrected chi connectivity index (χ0v) is 14.9. The highest BCUT2D eigenvalue weighted by Crippen LogP contribution is 2.20. The summed E-state index contributed by atoms with van der Waals surface area (Å²) in [7, 11) is -3.09. The Labute approximate surface area is 138 Å². The Morgan fingerprint density at radius 2 is 2.30 bits per heavy atom. The van der Waals surface area contributed by atoms with E-state index in [1.807, 2.05) is 6.07 Å². The zero-order valence-electron chi connectivity index (χ0n) is 11.1. The summed E-state index contributed by atoms with van der Waals surface area (Å²) in [6, 6.07) is 3.71. The standard InChI is InChI=1S/C12H17ClIN3O2S/c1-20(18,19)17-4-2-3-9(8-17)7-15-12-6-10(14)5-11(13)16-12/h5-6,9H,2-4,7-8H2,1H3,(H,15,16). The van der Waals surface area contributed by atoms with Crippen LogP contribution in [0.5, 0.6) is 0 Å². The molecule has 1 aliphatic rings. The van der Waals surface area contributed by atoms with Crippen LogP contribution in [0.15, 0.2) is 12.1 Å². The second-order valence-electron chi connectivity index (χ2n) is 5.00. The normalized spacial score (nSPS) is 20.9. The summed E-state index contributed by atoms with van der Waals surface area (Å²) >= 11 is 8.10. The predicted molar refractivity (Wildman–Crippen MR) is 89.6 cm³/mol. The molecule has 8 heteroatoms. The van der Waals surface area contributed by atoms with Crippen molar-refractivity contribution in [2.75, 3.05) is 31.2 Å². The van der Waals surface area contributed by atoms with E-state index in [1.165, 1.54) is 6.26 Å². The van der Waals surface area contributed by atoms with Crippen molar-refractivity contribution < 1.29 is 8.42 Å². The third-order valence-electron chi connectivity index (χ3n) is 3.28. The first kappa shape index (κ1) is 16.3. The van der Waals surface area contributed by atoms with Crippen molar-refractivity contribution in [1.82, 2.24) is 9.29 Å². The first-order valence-electron chi connectivity index (χ1n) is 6.36. The zero-order chi connectivity index (χ0) is 14.8. The number of nitrogens with one attached hydrogen (secondary N) is 1. The molecule has 1 aromatic heterocycles. The minimum absolute atomic E-state index is 0.303. The maximum absolute atomic E-state index is 11.6. The lowest BCUT2D eigenvalue weighted by Gasteiger charge is -2.31. The minimum atomic E-state index is -3.09. The van der Waals surface area contributed by atoms with E-state index >= 15 is 0 Å². The smallest absolute Gasteiger partial charge is 0.211 e. The van der Waals surface area contributed by atoms with Gasteiger partial charge in [0.1, 0.15) is 11.0 Å². The summed E-state index contributed by atoms with van der Waals surface area (Å²) in [4.78, 5) is 4.20. The molecule has 0 radical (unpaired) electrons. The molecule has 1 saturated heterocycles. The van der Waals surface area contributed by atoms with Crippen LogP contribution < -0.4 is 5.32 Å². The van der Waals surface area contributed by atoms with Gasteiger partial charge < -0.3 is 5.32 Å². The first-order chi connectivity index (χ1) is 9.34. The van der Waals surface area contributed by atoms with Crippen LogP contribution in [0.4, 0.5) is 5.82 Å². The fraction of sp³-hybridized carbons (Fsp3) is 0.583. The van der Waals surface area contributed by atoms with Crippen LogP contribution in [0.25, 0.3) is 0 Å². The summed E-state index contributed by atoms with van der Waals surface area (Å²) in [6.45, 7) is 1.90. The van der Waals surface area contributed by atoms with Gasteiger partial charge in [-0.05, 0) is 53.5 Å². The van der Waals surface area contributed by atoms with Crippen LogP contribution in [0.2, 0.25) is 5.15 Å². The highest BCUT2D eigenvalue weighted by atomic mass is 127. The van der Waals surface area contributed by atoms with Crippen LogP contribution in [0, 0.1) is 9.49 Å². The number of pyridine rings is 1. The van der Waals surface area contributed by atoms with Gasteiger partial charge in [0, 0.05) is 23.2 Å². The minimum Gasteiger partial charge on any atom is -0.370 e. The molecule has 1 unspecified atom stereocenters. The van der Waals surface area contributed by atoms with E-state index in [1.54, 1.807) is 10.4 Å². The molecular formula is C12H17ClIN3O2S. The molecular weight excluding hydrogens is 413 g/mol. The van der Waals surface area contributed by atoms with Crippen molar-refractivity contribution in [3.05, 3.63) is 20.9 Å². The lowest BCUT2D eigenvalue weighted by atomic mass is 10.00. The fourth-order valence-electron chi connectivity index (χ4n) is 2.30. The van der Waals surface area contributed by atoms with Gasteiger partial charge in [-0.15, -0.1) is 0 Å². The van der Waals surface area contributed by atoms with Gasteiger partial charge in [0.25, 0.3) is 0 Å². The summed E-state index contributed by atoms with van der Waals surface area (Å²) in [5.41, 5.74) is 0. The molecule has 0 bridgehead atoms. The lowest BCUT2D eigenvalue weighted by Crippen LogP contribution is -2.41.